The minimum atomic E-state index is -0.826. The van der Waals surface area contributed by atoms with Crippen molar-refractivity contribution in [3.63, 3.8) is 0 Å². The van der Waals surface area contributed by atoms with E-state index in [9.17, 15) is 0 Å². The van der Waals surface area contributed by atoms with Gasteiger partial charge in [-0.25, -0.2) is 0 Å². The van der Waals surface area contributed by atoms with Gasteiger partial charge in [0.25, 0.3) is 0 Å². The fourth-order valence-electron chi connectivity index (χ4n) is 5.79. The van der Waals surface area contributed by atoms with Crippen LogP contribution >= 0.6 is 17.0 Å². The summed E-state index contributed by atoms with van der Waals surface area (Å²) in [5.74, 6) is 0. The van der Waals surface area contributed by atoms with E-state index < -0.39 is 20.8 Å². The van der Waals surface area contributed by atoms with E-state index in [2.05, 4.69) is 139 Å². The molecule has 0 fully saturated rings. The van der Waals surface area contributed by atoms with E-state index in [1.165, 1.54) is 67.5 Å². The second kappa shape index (κ2) is 19.6. The van der Waals surface area contributed by atoms with Crippen molar-refractivity contribution >= 4 is 49.3 Å². The molecule has 0 saturated heterocycles. The Labute approximate surface area is 314 Å². The summed E-state index contributed by atoms with van der Waals surface area (Å²) in [6.07, 6.45) is 2.34. The molecule has 0 nitrogen and oxygen atoms in total. The quantitative estimate of drug-likeness (QED) is 0.165. The van der Waals surface area contributed by atoms with E-state index >= 15 is 0 Å². The maximum absolute atomic E-state index is 4.93. The van der Waals surface area contributed by atoms with Crippen LogP contribution in [-0.4, -0.2) is 0 Å². The number of rotatable bonds is 1. The van der Waals surface area contributed by atoms with Gasteiger partial charge in [-0.1, -0.05) is 53.6 Å². The number of hydrogen-bond acceptors (Lipinski definition) is 0. The first-order chi connectivity index (χ1) is 19.8. The van der Waals surface area contributed by atoms with Gasteiger partial charge in [-0.3, -0.25) is 0 Å². The molecule has 7 rings (SSSR count). The fraction of sp³-hybridized carbons (Fsp3) is 0.211. The van der Waals surface area contributed by atoms with Crippen LogP contribution in [0.5, 0.6) is 0 Å². The topological polar surface area (TPSA) is 0 Å². The van der Waals surface area contributed by atoms with Crippen LogP contribution in [0.1, 0.15) is 54.4 Å². The number of hydrogen-bond donors (Lipinski definition) is 0. The van der Waals surface area contributed by atoms with Crippen molar-refractivity contribution in [1.29, 1.82) is 0 Å². The van der Waals surface area contributed by atoms with E-state index in [0.29, 0.717) is 0 Å². The zero-order valence-corrected chi connectivity index (χ0v) is 34.1. The second-order valence-corrected chi connectivity index (χ2v) is 14.6. The average molecular weight is 819 g/mol. The zero-order valence-electron chi connectivity index (χ0n) is 26.2. The van der Waals surface area contributed by atoms with E-state index in [0.717, 1.165) is 0 Å². The Morgan fingerprint density at radius 3 is 1.32 bits per heavy atom. The first kappa shape index (κ1) is 41.0. The van der Waals surface area contributed by atoms with Gasteiger partial charge >= 0.3 is 64.1 Å². The molecule has 0 heterocycles. The third kappa shape index (κ3) is 9.77. The van der Waals surface area contributed by atoms with Gasteiger partial charge in [-0.15, -0.1) is 69.4 Å². The normalized spacial score (nSPS) is 13.7. The summed E-state index contributed by atoms with van der Waals surface area (Å²) in [7, 11) is 9.87. The largest absolute Gasteiger partial charge is 3.00 e. The van der Waals surface area contributed by atoms with Crippen LogP contribution in [0.4, 0.5) is 0 Å². The summed E-state index contributed by atoms with van der Waals surface area (Å²) in [6, 6.07) is 33.9. The van der Waals surface area contributed by atoms with Crippen LogP contribution in [-0.2, 0) is 47.1 Å². The maximum Gasteiger partial charge on any atom is 3.00 e. The van der Waals surface area contributed by atoms with E-state index in [1.54, 1.807) is 22.3 Å². The van der Waals surface area contributed by atoms with Crippen molar-refractivity contribution < 1.29 is 71.9 Å². The van der Waals surface area contributed by atoms with Gasteiger partial charge in [0.2, 0.25) is 0 Å². The molecule has 6 heteroatoms. The molecule has 5 aromatic carbocycles. The van der Waals surface area contributed by atoms with Crippen LogP contribution < -0.4 is 24.8 Å². The smallest absolute Gasteiger partial charge is 0.168 e. The third-order valence-corrected chi connectivity index (χ3v) is 8.63. The van der Waals surface area contributed by atoms with Gasteiger partial charge in [0.15, 0.2) is 0 Å². The fourth-order valence-corrected chi connectivity index (χ4v) is 5.79. The number of fused-ring (bicyclic) bond motifs is 4. The first-order valence-corrected chi connectivity index (χ1v) is 20.4. The summed E-state index contributed by atoms with van der Waals surface area (Å²) < 4.78 is 0. The van der Waals surface area contributed by atoms with Gasteiger partial charge in [-0.05, 0) is 87.8 Å². The molecule has 0 amide bonds. The van der Waals surface area contributed by atoms with Gasteiger partial charge in [0, 0.05) is 0 Å². The molecular weight excluding hydrogens is 781 g/mol. The molecule has 0 N–H and O–H groups in total. The molecule has 0 saturated carbocycles. The van der Waals surface area contributed by atoms with Crippen LogP contribution in [0.3, 0.4) is 0 Å². The van der Waals surface area contributed by atoms with Crippen LogP contribution in [0.15, 0.2) is 142 Å². The summed E-state index contributed by atoms with van der Waals surface area (Å²) in [4.78, 5) is 0. The molecule has 44 heavy (non-hydrogen) atoms. The Morgan fingerprint density at radius 2 is 0.932 bits per heavy atom. The monoisotopic (exact) mass is 814 g/mol. The molecule has 0 bridgehead atoms. The molecule has 2 aliphatic rings. The van der Waals surface area contributed by atoms with Crippen molar-refractivity contribution in [1.82, 2.24) is 0 Å². The predicted molar refractivity (Wildman–Crippen MR) is 180 cm³/mol. The van der Waals surface area contributed by atoms with Crippen molar-refractivity contribution in [2.45, 2.75) is 54.4 Å². The molecular formula is C38H38Cl4Zr2-. The average Bonchev–Trinajstić information content (AvgIpc) is 3.73. The molecule has 227 valence electrons. The molecule has 0 aromatic heterocycles. The summed E-state index contributed by atoms with van der Waals surface area (Å²) >= 11 is -0.826. The molecule has 5 aromatic rings. The van der Waals surface area contributed by atoms with Crippen molar-refractivity contribution in [3.05, 3.63) is 142 Å². The Kier molecular flexibility index (Phi) is 18.3. The van der Waals surface area contributed by atoms with Gasteiger partial charge in [-0.2, -0.15) is 17.5 Å². The molecule has 0 unspecified atom stereocenters. The molecule has 2 aliphatic carbocycles. The Hall–Kier alpha value is -0.974. The maximum atomic E-state index is 4.93. The van der Waals surface area contributed by atoms with Crippen LogP contribution in [0, 0.1) is 0 Å². The summed E-state index contributed by atoms with van der Waals surface area (Å²) in [6.45, 7) is 13.6. The second-order valence-electron chi connectivity index (χ2n) is 10.9. The molecule has 0 atom stereocenters. The van der Waals surface area contributed by atoms with E-state index in [-0.39, 0.29) is 51.0 Å². The van der Waals surface area contributed by atoms with Gasteiger partial charge < -0.3 is 24.8 Å². The van der Waals surface area contributed by atoms with Crippen LogP contribution in [0.2, 0.25) is 0 Å². The van der Waals surface area contributed by atoms with Gasteiger partial charge in [0.1, 0.15) is 0 Å². The summed E-state index contributed by atoms with van der Waals surface area (Å²) in [5.41, 5.74) is 12.4. The van der Waals surface area contributed by atoms with Gasteiger partial charge in [0.05, 0.1) is 0 Å². The van der Waals surface area contributed by atoms with Crippen LogP contribution in [0.25, 0.3) is 32.3 Å². The minimum absolute atomic E-state index is 0. The van der Waals surface area contributed by atoms with Crippen molar-refractivity contribution in [2.75, 3.05) is 0 Å². The summed E-state index contributed by atoms with van der Waals surface area (Å²) in [5, 5.41) is 8.05. The van der Waals surface area contributed by atoms with E-state index in [1.807, 2.05) is 0 Å². The Morgan fingerprint density at radius 1 is 0.545 bits per heavy atom. The Bertz CT molecular complexity index is 1670. The minimum Gasteiger partial charge on any atom is -0.168 e. The number of halogens is 4. The zero-order chi connectivity index (χ0) is 29.5. The van der Waals surface area contributed by atoms with E-state index in [4.69, 9.17) is 17.0 Å². The number of allylic oxidation sites excluding steroid dienone is 8. The third-order valence-electron chi connectivity index (χ3n) is 8.63. The molecule has 1 radical (unpaired) electrons. The molecule has 0 spiro atoms. The number of benzene rings is 3. The van der Waals surface area contributed by atoms with Crippen molar-refractivity contribution in [2.24, 2.45) is 0 Å². The Balaban J connectivity index is 0.000000314. The standard InChI is InChI=1S/C16H22.C13H9.C9H7.4ClH.2Zr/c1-9-7-15(13(5)11(9)3)16-8-10(2)12(4)14(16)6;1-3-7-12-10(5-1)9-11-6-2-4-8-13(11)12;1-2-5-9-7-3-6-8(9)4-1;;;;;;/h7-8H2,1-6H3;1-9H;1-7H;4*1H;;/q;2*-1;;;;;+2;+3/p-4. The predicted octanol–water partition coefficient (Wildman–Crippen LogP) is 6.75. The molecule has 0 aliphatic heterocycles. The van der Waals surface area contributed by atoms with Crippen molar-refractivity contribution in [3.8, 4) is 0 Å². The first-order valence-electron chi connectivity index (χ1n) is 14.1. The SMILES string of the molecule is CC1=C(C)C(C)=C(C2=C(C)C(C)=C(C)C2)C1.[Cl-].[Cl-].[Cl][Zr][Cl].[Zr+3].c1ccc2[cH-]ccc2c1.c1ccc2c(c1)[cH-]c1ccccc12.